The molecule has 7 heteroatoms. The van der Waals surface area contributed by atoms with Gasteiger partial charge in [0.15, 0.2) is 0 Å². The summed E-state index contributed by atoms with van der Waals surface area (Å²) in [6.45, 7) is 2.93. The third-order valence-corrected chi connectivity index (χ3v) is 7.43. The quantitative estimate of drug-likeness (QED) is 0.578. The van der Waals surface area contributed by atoms with Gasteiger partial charge in [-0.05, 0) is 79.8 Å². The van der Waals surface area contributed by atoms with Gasteiger partial charge in [0.05, 0.1) is 5.41 Å². The Balaban J connectivity index is 1.36. The number of aryl methyl sites for hydroxylation is 1. The second-order valence-corrected chi connectivity index (χ2v) is 9.76. The summed E-state index contributed by atoms with van der Waals surface area (Å²) in [5.74, 6) is -0.890. The summed E-state index contributed by atoms with van der Waals surface area (Å²) in [6.07, 6.45) is 2.02. The van der Waals surface area contributed by atoms with E-state index in [0.717, 1.165) is 24.2 Å². The maximum Gasteiger partial charge on any atom is 0.258 e. The lowest BCUT2D eigenvalue weighted by atomic mass is 9.78. The summed E-state index contributed by atoms with van der Waals surface area (Å²) in [5, 5.41) is 2.77. The van der Waals surface area contributed by atoms with Crippen molar-refractivity contribution in [1.82, 2.24) is 4.90 Å². The third-order valence-electron chi connectivity index (χ3n) is 7.43. The third kappa shape index (κ3) is 4.26. The second kappa shape index (κ2) is 9.22. The molecular formula is C29H28FN3O3. The standard InChI is InChI=1S/C29H28FN3O3/c1-19-7-10-22(30)17-24(19)26(34)31-23-11-8-20(9-12-23)27(35)33-16-14-29(13-15-32(2)28(29)36)18-21-5-3-4-6-25(21)33/h3-12,17H,13-16,18H2,1-2H3,(H,31,34). The van der Waals surface area contributed by atoms with Crippen LogP contribution in [0.25, 0.3) is 0 Å². The van der Waals surface area contributed by atoms with Gasteiger partial charge >= 0.3 is 0 Å². The lowest BCUT2D eigenvalue weighted by Crippen LogP contribution is -2.37. The molecule has 0 aromatic heterocycles. The first-order valence-electron chi connectivity index (χ1n) is 12.1. The summed E-state index contributed by atoms with van der Waals surface area (Å²) in [7, 11) is 1.84. The molecule has 2 aliphatic heterocycles. The van der Waals surface area contributed by atoms with E-state index in [2.05, 4.69) is 5.32 Å². The van der Waals surface area contributed by atoms with Crippen molar-refractivity contribution in [3.05, 3.63) is 94.8 Å². The number of fused-ring (bicyclic) bond motifs is 1. The Morgan fingerprint density at radius 2 is 1.69 bits per heavy atom. The smallest absolute Gasteiger partial charge is 0.258 e. The topological polar surface area (TPSA) is 69.7 Å². The lowest BCUT2D eigenvalue weighted by molar-refractivity contribution is -0.135. The van der Waals surface area contributed by atoms with Crippen LogP contribution in [0.15, 0.2) is 66.7 Å². The highest BCUT2D eigenvalue weighted by molar-refractivity contribution is 6.08. The minimum absolute atomic E-state index is 0.153. The molecule has 1 saturated heterocycles. The van der Waals surface area contributed by atoms with Crippen molar-refractivity contribution in [2.75, 3.05) is 30.4 Å². The number of nitrogens with zero attached hydrogens (tertiary/aromatic N) is 2. The molecular weight excluding hydrogens is 457 g/mol. The van der Waals surface area contributed by atoms with E-state index >= 15 is 0 Å². The Labute approximate surface area is 209 Å². The zero-order chi connectivity index (χ0) is 25.4. The van der Waals surface area contributed by atoms with E-state index < -0.39 is 17.1 Å². The molecule has 3 amide bonds. The van der Waals surface area contributed by atoms with Gasteiger partial charge in [-0.15, -0.1) is 0 Å². The van der Waals surface area contributed by atoms with Gasteiger partial charge in [-0.1, -0.05) is 24.3 Å². The number of anilines is 2. The van der Waals surface area contributed by atoms with Gasteiger partial charge < -0.3 is 15.1 Å². The van der Waals surface area contributed by atoms with E-state index in [1.165, 1.54) is 12.1 Å². The first-order valence-corrected chi connectivity index (χ1v) is 12.1. The SMILES string of the molecule is Cc1ccc(F)cc1C(=O)Nc1ccc(C(=O)N2CCC3(CCN(C)C3=O)Cc3ccccc32)cc1. The molecule has 1 atom stereocenters. The van der Waals surface area contributed by atoms with Crippen molar-refractivity contribution in [2.45, 2.75) is 26.2 Å². The van der Waals surface area contributed by atoms with Gasteiger partial charge in [0.2, 0.25) is 5.91 Å². The predicted molar refractivity (Wildman–Crippen MR) is 137 cm³/mol. The number of carbonyl (C=O) groups excluding carboxylic acids is 3. The van der Waals surface area contributed by atoms with E-state index in [-0.39, 0.29) is 17.4 Å². The molecule has 5 rings (SSSR count). The highest BCUT2D eigenvalue weighted by Crippen LogP contribution is 2.43. The lowest BCUT2D eigenvalue weighted by Gasteiger charge is -2.26. The van der Waals surface area contributed by atoms with Gasteiger partial charge in [-0.2, -0.15) is 0 Å². The molecule has 6 nitrogen and oxygen atoms in total. The van der Waals surface area contributed by atoms with E-state index in [1.807, 2.05) is 31.3 Å². The van der Waals surface area contributed by atoms with Crippen molar-refractivity contribution >= 4 is 29.1 Å². The molecule has 184 valence electrons. The van der Waals surface area contributed by atoms with Crippen LogP contribution >= 0.6 is 0 Å². The van der Waals surface area contributed by atoms with Crippen LogP contribution in [0.5, 0.6) is 0 Å². The molecule has 36 heavy (non-hydrogen) atoms. The average Bonchev–Trinajstić information content (AvgIpc) is 3.05. The monoisotopic (exact) mass is 485 g/mol. The number of hydrogen-bond donors (Lipinski definition) is 1. The second-order valence-electron chi connectivity index (χ2n) is 9.76. The zero-order valence-corrected chi connectivity index (χ0v) is 20.4. The van der Waals surface area contributed by atoms with Gasteiger partial charge in [-0.3, -0.25) is 14.4 Å². The van der Waals surface area contributed by atoms with Crippen LogP contribution in [0.1, 0.15) is 44.7 Å². The van der Waals surface area contributed by atoms with Crippen molar-refractivity contribution in [1.29, 1.82) is 0 Å². The number of halogens is 1. The van der Waals surface area contributed by atoms with Crippen molar-refractivity contribution < 1.29 is 18.8 Å². The molecule has 0 radical (unpaired) electrons. The van der Waals surface area contributed by atoms with Crippen LogP contribution in [-0.2, 0) is 11.2 Å². The molecule has 1 spiro atoms. The number of hydrogen-bond acceptors (Lipinski definition) is 3. The van der Waals surface area contributed by atoms with Crippen molar-refractivity contribution in [2.24, 2.45) is 5.41 Å². The molecule has 3 aromatic carbocycles. The average molecular weight is 486 g/mol. The van der Waals surface area contributed by atoms with E-state index in [9.17, 15) is 18.8 Å². The first kappa shape index (κ1) is 23.7. The Morgan fingerprint density at radius 3 is 2.42 bits per heavy atom. The zero-order valence-electron chi connectivity index (χ0n) is 20.4. The molecule has 1 N–H and O–H groups in total. The maximum atomic E-state index is 13.6. The minimum atomic E-state index is -0.475. The number of amides is 3. The van der Waals surface area contributed by atoms with Gasteiger partial charge in [-0.25, -0.2) is 4.39 Å². The molecule has 2 aliphatic rings. The Morgan fingerprint density at radius 1 is 0.972 bits per heavy atom. The fourth-order valence-electron chi connectivity index (χ4n) is 5.31. The largest absolute Gasteiger partial charge is 0.345 e. The predicted octanol–water partition coefficient (Wildman–Crippen LogP) is 4.83. The van der Waals surface area contributed by atoms with E-state index in [0.29, 0.717) is 36.2 Å². The Kier molecular flexibility index (Phi) is 6.08. The first-order chi connectivity index (χ1) is 17.3. The van der Waals surface area contributed by atoms with Crippen LogP contribution in [0.3, 0.4) is 0 Å². The number of likely N-dealkylation sites (tertiary alicyclic amines) is 1. The molecule has 1 fully saturated rings. The van der Waals surface area contributed by atoms with Crippen LogP contribution in [0.2, 0.25) is 0 Å². The maximum absolute atomic E-state index is 13.6. The number of rotatable bonds is 3. The number of benzene rings is 3. The number of carbonyl (C=O) groups is 3. The van der Waals surface area contributed by atoms with Gasteiger partial charge in [0.1, 0.15) is 5.82 Å². The number of para-hydroxylation sites is 1. The van der Waals surface area contributed by atoms with E-state index in [1.54, 1.807) is 47.1 Å². The van der Waals surface area contributed by atoms with Crippen LogP contribution in [0.4, 0.5) is 15.8 Å². The molecule has 0 bridgehead atoms. The Hall–Kier alpha value is -4.00. The molecule has 3 aromatic rings. The molecule has 1 unspecified atom stereocenters. The minimum Gasteiger partial charge on any atom is -0.345 e. The fourth-order valence-corrected chi connectivity index (χ4v) is 5.31. The summed E-state index contributed by atoms with van der Waals surface area (Å²) in [5.41, 5.74) is 3.29. The van der Waals surface area contributed by atoms with Crippen molar-refractivity contribution in [3.63, 3.8) is 0 Å². The van der Waals surface area contributed by atoms with E-state index in [4.69, 9.17) is 0 Å². The van der Waals surface area contributed by atoms with Crippen LogP contribution in [0, 0.1) is 18.2 Å². The highest BCUT2D eigenvalue weighted by Gasteiger charge is 2.47. The summed E-state index contributed by atoms with van der Waals surface area (Å²) < 4.78 is 13.6. The number of nitrogens with one attached hydrogen (secondary N) is 1. The summed E-state index contributed by atoms with van der Waals surface area (Å²) in [6, 6.07) is 18.6. The summed E-state index contributed by atoms with van der Waals surface area (Å²) >= 11 is 0. The molecule has 2 heterocycles. The highest BCUT2D eigenvalue weighted by atomic mass is 19.1. The van der Waals surface area contributed by atoms with Gasteiger partial charge in [0.25, 0.3) is 11.8 Å². The molecule has 0 saturated carbocycles. The van der Waals surface area contributed by atoms with Crippen LogP contribution < -0.4 is 10.2 Å². The van der Waals surface area contributed by atoms with Crippen molar-refractivity contribution in [3.8, 4) is 0 Å². The normalized spacial score (nSPS) is 19.2. The fraction of sp³-hybridized carbons (Fsp3) is 0.276. The molecule has 0 aliphatic carbocycles. The Bertz CT molecular complexity index is 1350. The van der Waals surface area contributed by atoms with Crippen LogP contribution in [-0.4, -0.2) is 42.8 Å². The summed E-state index contributed by atoms with van der Waals surface area (Å²) in [4.78, 5) is 42.8. The van der Waals surface area contributed by atoms with Gasteiger partial charge in [0, 0.05) is 42.6 Å².